The maximum Gasteiger partial charge on any atom is 0.454 e. The molecule has 4 aromatic rings. The van der Waals surface area contributed by atoms with Gasteiger partial charge in [-0.3, -0.25) is 4.57 Å². The lowest BCUT2D eigenvalue weighted by molar-refractivity contribution is -0.271. The normalized spacial score (nSPS) is 18.3. The van der Waals surface area contributed by atoms with Crippen molar-refractivity contribution in [2.45, 2.75) is 11.9 Å². The van der Waals surface area contributed by atoms with Crippen LogP contribution in [0.3, 0.4) is 0 Å². The van der Waals surface area contributed by atoms with Crippen molar-refractivity contribution in [3.63, 3.8) is 0 Å². The number of fused-ring (bicyclic) bond motifs is 3. The molecule has 1 aromatic heterocycles. The van der Waals surface area contributed by atoms with E-state index in [1.807, 2.05) is 0 Å². The van der Waals surface area contributed by atoms with E-state index in [2.05, 4.69) is 9.98 Å². The number of nitrogens with zero attached hydrogens (tertiary/aromatic N) is 3. The number of aliphatic imine (C=N–C) groups is 1. The van der Waals surface area contributed by atoms with Crippen LogP contribution in [0.15, 0.2) is 83.9 Å². The highest BCUT2D eigenvalue weighted by atomic mass is 19.4. The van der Waals surface area contributed by atoms with E-state index in [-0.39, 0.29) is 22.9 Å². The van der Waals surface area contributed by atoms with Gasteiger partial charge in [0.05, 0.1) is 18.1 Å². The Balaban J connectivity index is 1.83. The number of rotatable bonds is 3. The predicted octanol–water partition coefficient (Wildman–Crippen LogP) is 5.42. The number of hydrogen-bond donors (Lipinski definition) is 0. The molecule has 0 saturated carbocycles. The molecule has 8 heteroatoms. The first-order valence-electron chi connectivity index (χ1n) is 9.46. The molecule has 1 atom stereocenters. The third-order valence-electron chi connectivity index (χ3n) is 5.19. The first-order valence-corrected chi connectivity index (χ1v) is 9.46. The topological polar surface area (TPSA) is 48.6 Å². The van der Waals surface area contributed by atoms with Crippen LogP contribution in [0, 0.1) is 0 Å². The Morgan fingerprint density at radius 3 is 2.26 bits per heavy atom. The second kappa shape index (κ2) is 6.87. The Bertz CT molecular complexity index is 1280. The van der Waals surface area contributed by atoms with Crippen LogP contribution in [-0.4, -0.2) is 28.7 Å². The van der Waals surface area contributed by atoms with Gasteiger partial charge in [0, 0.05) is 11.1 Å². The molecule has 0 amide bonds. The molecule has 1 aliphatic rings. The van der Waals surface area contributed by atoms with Gasteiger partial charge >= 0.3 is 11.9 Å². The van der Waals surface area contributed by atoms with E-state index in [9.17, 15) is 13.2 Å². The van der Waals surface area contributed by atoms with Crippen LogP contribution in [0.2, 0.25) is 0 Å². The van der Waals surface area contributed by atoms with Gasteiger partial charge in [0.1, 0.15) is 5.75 Å². The summed E-state index contributed by atoms with van der Waals surface area (Å²) >= 11 is 0. The Labute approximate surface area is 175 Å². The first kappa shape index (κ1) is 19.2. The Morgan fingerprint density at radius 1 is 0.903 bits per heavy atom. The van der Waals surface area contributed by atoms with Crippen molar-refractivity contribution in [1.29, 1.82) is 0 Å². The van der Waals surface area contributed by atoms with Crippen LogP contribution < -0.4 is 4.74 Å². The minimum Gasteiger partial charge on any atom is -0.497 e. The summed E-state index contributed by atoms with van der Waals surface area (Å²) in [5.74, 6) is 0.309. The van der Waals surface area contributed by atoms with Gasteiger partial charge in [0.25, 0.3) is 0 Å². The lowest BCUT2D eigenvalue weighted by Crippen LogP contribution is -2.53. The number of halogens is 3. The lowest BCUT2D eigenvalue weighted by atomic mass is 10.00. The number of imidazole rings is 1. The maximum atomic E-state index is 14.9. The summed E-state index contributed by atoms with van der Waals surface area (Å²) in [4.78, 5) is 8.72. The molecule has 3 aromatic carbocycles. The summed E-state index contributed by atoms with van der Waals surface area (Å²) in [6, 6.07) is 20.6. The molecule has 156 valence electrons. The molecule has 0 radical (unpaired) electrons. The van der Waals surface area contributed by atoms with Gasteiger partial charge in [-0.15, -0.1) is 0 Å². The van der Waals surface area contributed by atoms with Gasteiger partial charge in [0.2, 0.25) is 11.8 Å². The number of ether oxygens (including phenoxy) is 2. The van der Waals surface area contributed by atoms with E-state index in [4.69, 9.17) is 9.47 Å². The lowest BCUT2D eigenvalue weighted by Gasteiger charge is -2.40. The third-order valence-corrected chi connectivity index (χ3v) is 5.19. The molecule has 1 aliphatic heterocycles. The number of aromatic nitrogens is 2. The molecule has 0 N–H and O–H groups in total. The average Bonchev–Trinajstić information content (AvgIpc) is 3.17. The largest absolute Gasteiger partial charge is 0.497 e. The van der Waals surface area contributed by atoms with Gasteiger partial charge in [-0.2, -0.15) is 18.2 Å². The van der Waals surface area contributed by atoms with E-state index >= 15 is 0 Å². The second-order valence-corrected chi connectivity index (χ2v) is 6.99. The van der Waals surface area contributed by atoms with Crippen molar-refractivity contribution in [3.8, 4) is 5.75 Å². The minimum atomic E-state index is -4.82. The van der Waals surface area contributed by atoms with Crippen molar-refractivity contribution in [3.05, 3.63) is 90.0 Å². The zero-order valence-electron chi connectivity index (χ0n) is 16.3. The fourth-order valence-electron chi connectivity index (χ4n) is 3.76. The maximum absolute atomic E-state index is 14.9. The second-order valence-electron chi connectivity index (χ2n) is 6.99. The zero-order chi connectivity index (χ0) is 21.6. The zero-order valence-corrected chi connectivity index (χ0v) is 16.3. The molecular formula is C23H16F3N3O2. The first-order chi connectivity index (χ1) is 14.9. The molecule has 0 spiro atoms. The fraction of sp³-hybridized carbons (Fsp3) is 0.130. The molecule has 5 nitrogen and oxygen atoms in total. The molecule has 31 heavy (non-hydrogen) atoms. The third kappa shape index (κ3) is 2.86. The monoisotopic (exact) mass is 423 g/mol. The fourth-order valence-corrected chi connectivity index (χ4v) is 3.76. The summed E-state index contributed by atoms with van der Waals surface area (Å²) in [7, 11) is 1.51. The van der Waals surface area contributed by atoms with Gasteiger partial charge < -0.3 is 9.47 Å². The van der Waals surface area contributed by atoms with Crippen molar-refractivity contribution in [1.82, 2.24) is 9.55 Å². The minimum absolute atomic E-state index is 0.0761. The SMILES string of the molecule is COc1ccc(C2=Nc3nc4ccccc4n3[C@@](c3ccccc3)(C(F)(F)F)O2)cc1. The summed E-state index contributed by atoms with van der Waals surface area (Å²) in [6.45, 7) is 0. The summed E-state index contributed by atoms with van der Waals surface area (Å²) in [5, 5.41) is 0. The highest BCUT2D eigenvalue weighted by Gasteiger charge is 2.63. The summed E-state index contributed by atoms with van der Waals surface area (Å²) < 4.78 is 56.7. The highest BCUT2D eigenvalue weighted by molar-refractivity contribution is 5.97. The van der Waals surface area contributed by atoms with Crippen LogP contribution in [-0.2, 0) is 10.5 Å². The quantitative estimate of drug-likeness (QED) is 0.442. The van der Waals surface area contributed by atoms with Gasteiger partial charge in [-0.05, 0) is 36.4 Å². The van der Waals surface area contributed by atoms with Crippen LogP contribution in [0.4, 0.5) is 19.1 Å². The van der Waals surface area contributed by atoms with Crippen molar-refractivity contribution in [2.75, 3.05) is 7.11 Å². The number of methoxy groups -OCH3 is 1. The molecule has 0 bridgehead atoms. The van der Waals surface area contributed by atoms with E-state index in [0.29, 0.717) is 16.8 Å². The summed E-state index contributed by atoms with van der Waals surface area (Å²) in [6.07, 6.45) is -4.82. The average molecular weight is 423 g/mol. The van der Waals surface area contributed by atoms with E-state index in [1.54, 1.807) is 66.7 Å². The van der Waals surface area contributed by atoms with E-state index < -0.39 is 11.9 Å². The standard InChI is InChI=1S/C23H16F3N3O2/c1-30-17-13-11-15(12-14-17)20-28-21-27-18-9-5-6-10-19(18)29(21)22(31-20,23(24,25)26)16-7-3-2-4-8-16/h2-14H,1H3/t22-/m1/s1. The Kier molecular flexibility index (Phi) is 4.25. The van der Waals surface area contributed by atoms with Crippen LogP contribution >= 0.6 is 0 Å². The highest BCUT2D eigenvalue weighted by Crippen LogP contribution is 2.49. The van der Waals surface area contributed by atoms with Crippen molar-refractivity contribution < 1.29 is 22.6 Å². The molecule has 0 fully saturated rings. The predicted molar refractivity (Wildman–Crippen MR) is 110 cm³/mol. The number of para-hydroxylation sites is 2. The van der Waals surface area contributed by atoms with Crippen LogP contribution in [0.25, 0.3) is 11.0 Å². The summed E-state index contributed by atoms with van der Waals surface area (Å²) in [5.41, 5.74) is -1.87. The van der Waals surface area contributed by atoms with Crippen LogP contribution in [0.5, 0.6) is 5.75 Å². The smallest absolute Gasteiger partial charge is 0.454 e. The molecular weight excluding hydrogens is 407 g/mol. The molecule has 0 saturated heterocycles. The number of benzene rings is 3. The van der Waals surface area contributed by atoms with Crippen molar-refractivity contribution >= 4 is 22.9 Å². The van der Waals surface area contributed by atoms with E-state index in [1.165, 1.54) is 19.2 Å². The van der Waals surface area contributed by atoms with Gasteiger partial charge in [-0.25, -0.2) is 4.98 Å². The molecule has 0 unspecified atom stereocenters. The molecule has 2 heterocycles. The molecule has 5 rings (SSSR count). The van der Waals surface area contributed by atoms with E-state index in [0.717, 1.165) is 4.57 Å². The Morgan fingerprint density at radius 2 is 1.58 bits per heavy atom. The van der Waals surface area contributed by atoms with Crippen LogP contribution in [0.1, 0.15) is 11.1 Å². The molecule has 0 aliphatic carbocycles. The number of alkyl halides is 3. The van der Waals surface area contributed by atoms with Gasteiger partial charge in [0.15, 0.2) is 0 Å². The number of hydrogen-bond acceptors (Lipinski definition) is 4. The Hall–Kier alpha value is -3.81. The van der Waals surface area contributed by atoms with Crippen molar-refractivity contribution in [2.24, 2.45) is 4.99 Å². The van der Waals surface area contributed by atoms with Gasteiger partial charge in [-0.1, -0.05) is 42.5 Å².